The summed E-state index contributed by atoms with van der Waals surface area (Å²) < 4.78 is 10.4. The molecule has 2 amide bonds. The van der Waals surface area contributed by atoms with Crippen LogP contribution in [0.5, 0.6) is 0 Å². The molecule has 0 aromatic carbocycles. The van der Waals surface area contributed by atoms with E-state index in [2.05, 4.69) is 20.6 Å². The molecule has 0 bridgehead atoms. The Hall–Kier alpha value is -3.85. The zero-order valence-corrected chi connectivity index (χ0v) is 22.9. The third kappa shape index (κ3) is 11.6. The van der Waals surface area contributed by atoms with Crippen molar-refractivity contribution >= 4 is 38.0 Å². The summed E-state index contributed by atoms with van der Waals surface area (Å²) in [6.07, 6.45) is 7.48. The van der Waals surface area contributed by atoms with Gasteiger partial charge < -0.3 is 40.2 Å². The maximum atomic E-state index is 11.9. The summed E-state index contributed by atoms with van der Waals surface area (Å²) in [6, 6.07) is 6.99. The van der Waals surface area contributed by atoms with Crippen molar-refractivity contribution in [3.05, 3.63) is 60.2 Å². The second kappa shape index (κ2) is 16.6. The van der Waals surface area contributed by atoms with Crippen LogP contribution in [0.15, 0.2) is 49.1 Å². The first-order chi connectivity index (χ1) is 20.1. The number of carboxylic acids is 2. The Morgan fingerprint density at radius 2 is 1.05 bits per heavy atom. The summed E-state index contributed by atoms with van der Waals surface area (Å²) in [5.41, 5.74) is 1.66. The molecule has 14 nitrogen and oxygen atoms in total. The second-order valence-electron chi connectivity index (χ2n) is 10.1. The van der Waals surface area contributed by atoms with Crippen molar-refractivity contribution < 1.29 is 48.7 Å². The Morgan fingerprint density at radius 3 is 1.36 bits per heavy atom. The predicted molar refractivity (Wildman–Crippen MR) is 148 cm³/mol. The van der Waals surface area contributed by atoms with Crippen LogP contribution in [0.4, 0.5) is 0 Å². The minimum atomic E-state index is -1.18. The smallest absolute Gasteiger partial charge is 0.478 e. The number of pyridine rings is 2. The fourth-order valence-corrected chi connectivity index (χ4v) is 4.60. The largest absolute Gasteiger partial charge is 0.481 e. The molecule has 0 aliphatic carbocycles. The van der Waals surface area contributed by atoms with E-state index in [1.165, 1.54) is 0 Å². The van der Waals surface area contributed by atoms with Crippen LogP contribution >= 0.6 is 0 Å². The van der Waals surface area contributed by atoms with E-state index in [-0.39, 0.29) is 37.5 Å². The maximum Gasteiger partial charge on any atom is 0.478 e. The Balaban J connectivity index is 0.000000230. The minimum Gasteiger partial charge on any atom is -0.481 e. The Kier molecular flexibility index (Phi) is 12.9. The van der Waals surface area contributed by atoms with E-state index < -0.39 is 50.3 Å². The van der Waals surface area contributed by atoms with E-state index in [1.807, 2.05) is 0 Å². The molecule has 16 heteroatoms. The highest BCUT2D eigenvalue weighted by Crippen LogP contribution is 2.20. The summed E-state index contributed by atoms with van der Waals surface area (Å²) in [4.78, 5) is 52.7. The van der Waals surface area contributed by atoms with Crippen molar-refractivity contribution in [2.45, 2.75) is 75.5 Å². The number of hydrogen-bond acceptors (Lipinski definition) is 10. The molecule has 0 unspecified atom stereocenters. The lowest BCUT2D eigenvalue weighted by Crippen LogP contribution is -2.53. The number of hydrogen-bond donors (Lipinski definition) is 6. The molecule has 4 rings (SSSR count). The van der Waals surface area contributed by atoms with Crippen LogP contribution < -0.4 is 10.6 Å². The number of carboxylic acid groups (broad SMARTS) is 2. The molecule has 6 N–H and O–H groups in total. The van der Waals surface area contributed by atoms with Gasteiger partial charge in [0, 0.05) is 24.8 Å². The van der Waals surface area contributed by atoms with Crippen LogP contribution in [0.25, 0.3) is 0 Å². The van der Waals surface area contributed by atoms with Gasteiger partial charge in [-0.1, -0.05) is 0 Å². The molecule has 2 fully saturated rings. The maximum absolute atomic E-state index is 11.9. The monoisotopic (exact) mass is 584 g/mol. The third-order valence-electron chi connectivity index (χ3n) is 6.68. The van der Waals surface area contributed by atoms with E-state index in [0.717, 1.165) is 11.1 Å². The number of aromatic nitrogens is 2. The van der Waals surface area contributed by atoms with Gasteiger partial charge in [0.2, 0.25) is 11.8 Å². The standard InChI is InChI=1S/2C13H17BN2O5/c2*17-12(7-9-3-5-15-6-4-9)16-11-2-1-10(8-13(18)19)21-14(11)20/h2*3-6,10-11,20H,1-2,7-8H2,(H,16,17)(H,18,19)/t2*10-,11-/m00/s1. The Morgan fingerprint density at radius 1 is 0.690 bits per heavy atom. The number of nitrogens with one attached hydrogen (secondary N) is 2. The highest BCUT2D eigenvalue weighted by molar-refractivity contribution is 6.46. The summed E-state index contributed by atoms with van der Waals surface area (Å²) in [5, 5.41) is 42.5. The first-order valence-electron chi connectivity index (χ1n) is 13.6. The van der Waals surface area contributed by atoms with Gasteiger partial charge in [-0.2, -0.15) is 0 Å². The van der Waals surface area contributed by atoms with Crippen molar-refractivity contribution in [3.63, 3.8) is 0 Å². The minimum absolute atomic E-state index is 0.144. The number of nitrogens with zero attached hydrogens (tertiary/aromatic N) is 2. The molecule has 224 valence electrons. The summed E-state index contributed by atoms with van der Waals surface area (Å²) in [5.74, 6) is -3.38. The first-order valence-corrected chi connectivity index (χ1v) is 13.6. The van der Waals surface area contributed by atoms with Crippen molar-refractivity contribution in [3.8, 4) is 0 Å². The highest BCUT2D eigenvalue weighted by atomic mass is 16.5. The lowest BCUT2D eigenvalue weighted by Gasteiger charge is -2.30. The Labute approximate surface area is 243 Å². The molecule has 2 aliphatic rings. The highest BCUT2D eigenvalue weighted by Gasteiger charge is 2.37. The molecule has 4 heterocycles. The molecule has 2 saturated heterocycles. The predicted octanol–water partition coefficient (Wildman–Crippen LogP) is -0.435. The van der Waals surface area contributed by atoms with Gasteiger partial charge in [-0.15, -0.1) is 0 Å². The van der Waals surface area contributed by atoms with Crippen molar-refractivity contribution in [1.29, 1.82) is 0 Å². The quantitative estimate of drug-likeness (QED) is 0.196. The van der Waals surface area contributed by atoms with Crippen LogP contribution in [0.3, 0.4) is 0 Å². The van der Waals surface area contributed by atoms with E-state index in [9.17, 15) is 29.2 Å². The molecular weight excluding hydrogens is 550 g/mol. The van der Waals surface area contributed by atoms with E-state index >= 15 is 0 Å². The fourth-order valence-electron chi connectivity index (χ4n) is 4.60. The average Bonchev–Trinajstić information content (AvgIpc) is 2.93. The summed E-state index contributed by atoms with van der Waals surface area (Å²) in [7, 11) is -2.35. The van der Waals surface area contributed by atoms with Gasteiger partial charge in [-0.25, -0.2) is 0 Å². The molecule has 4 atom stereocenters. The normalized spacial score (nSPS) is 21.9. The topological polar surface area (TPSA) is 218 Å². The molecule has 0 radical (unpaired) electrons. The molecule has 2 aromatic heterocycles. The zero-order chi connectivity index (χ0) is 30.5. The lowest BCUT2D eigenvalue weighted by molar-refractivity contribution is -0.140. The fraction of sp³-hybridized carbons (Fsp3) is 0.462. The second-order valence-corrected chi connectivity index (χ2v) is 10.1. The van der Waals surface area contributed by atoms with Gasteiger partial charge >= 0.3 is 26.2 Å². The zero-order valence-electron chi connectivity index (χ0n) is 22.9. The Bertz CT molecular complexity index is 1090. The number of rotatable bonds is 10. The van der Waals surface area contributed by atoms with Crippen molar-refractivity contribution in [2.24, 2.45) is 0 Å². The number of carbonyl (C=O) groups excluding carboxylic acids is 2. The van der Waals surface area contributed by atoms with Gasteiger partial charge in [0.15, 0.2) is 0 Å². The van der Waals surface area contributed by atoms with Crippen molar-refractivity contribution in [2.75, 3.05) is 0 Å². The summed E-state index contributed by atoms with van der Waals surface area (Å²) >= 11 is 0. The van der Waals surface area contributed by atoms with Gasteiger partial charge in [-0.05, 0) is 61.1 Å². The first kappa shape index (κ1) is 32.7. The number of amides is 2. The summed E-state index contributed by atoms with van der Waals surface area (Å²) in [6.45, 7) is 0. The SMILES string of the molecule is O=C(O)C[C@@H]1CC[C@H](NC(=O)Cc2ccncc2)B(O)O1.O=C(O)C[C@@H]1CC[C@H](NC(=O)Cc2ccncc2)B(O)O1. The van der Waals surface area contributed by atoms with E-state index in [4.69, 9.17) is 19.5 Å². The van der Waals surface area contributed by atoms with Crippen LogP contribution in [-0.2, 0) is 41.3 Å². The van der Waals surface area contributed by atoms with Crippen LogP contribution in [0, 0.1) is 0 Å². The van der Waals surface area contributed by atoms with Crippen LogP contribution in [-0.4, -0.2) is 92.3 Å². The van der Waals surface area contributed by atoms with Crippen molar-refractivity contribution in [1.82, 2.24) is 20.6 Å². The van der Waals surface area contributed by atoms with Gasteiger partial charge in [-0.3, -0.25) is 29.1 Å². The third-order valence-corrected chi connectivity index (χ3v) is 6.68. The molecular formula is C26H34B2N4O10. The molecule has 2 aromatic rings. The van der Waals surface area contributed by atoms with Gasteiger partial charge in [0.1, 0.15) is 0 Å². The lowest BCUT2D eigenvalue weighted by atomic mass is 9.72. The van der Waals surface area contributed by atoms with Crippen LogP contribution in [0.1, 0.15) is 49.7 Å². The molecule has 2 aliphatic heterocycles. The van der Waals surface area contributed by atoms with Crippen LogP contribution in [0.2, 0.25) is 0 Å². The molecule has 0 spiro atoms. The van der Waals surface area contributed by atoms with Gasteiger partial charge in [0.25, 0.3) is 0 Å². The average molecular weight is 584 g/mol. The van der Waals surface area contributed by atoms with E-state index in [1.54, 1.807) is 49.1 Å². The van der Waals surface area contributed by atoms with E-state index in [0.29, 0.717) is 25.7 Å². The number of aliphatic carboxylic acids is 2. The number of carbonyl (C=O) groups is 4. The van der Waals surface area contributed by atoms with Gasteiger partial charge in [0.05, 0.1) is 49.8 Å². The molecule has 0 saturated carbocycles. The molecule has 42 heavy (non-hydrogen) atoms.